The van der Waals surface area contributed by atoms with Gasteiger partial charge in [-0.05, 0) is 25.7 Å². The van der Waals surface area contributed by atoms with Crippen molar-refractivity contribution < 1.29 is 18.8 Å². The lowest BCUT2D eigenvalue weighted by Gasteiger charge is -2.33. The van der Waals surface area contributed by atoms with Gasteiger partial charge in [0.15, 0.2) is 0 Å². The second-order valence-electron chi connectivity index (χ2n) is 6.44. The summed E-state index contributed by atoms with van der Waals surface area (Å²) in [6, 6.07) is 0. The molecule has 0 spiro atoms. The SMILES string of the molecule is O=C(C1CCCO1)N1CCC(OCc2nc(-c3cnccn3)no2)CC1. The van der Waals surface area contributed by atoms with Crippen LogP contribution in [0.1, 0.15) is 31.6 Å². The quantitative estimate of drug-likeness (QED) is 0.785. The Bertz CT molecular complexity index is 724. The molecular formula is C17H21N5O4. The Morgan fingerprint density at radius 3 is 2.88 bits per heavy atom. The van der Waals surface area contributed by atoms with E-state index in [0.717, 1.165) is 25.7 Å². The predicted molar refractivity (Wildman–Crippen MR) is 88.7 cm³/mol. The van der Waals surface area contributed by atoms with Crippen LogP contribution in [0.4, 0.5) is 0 Å². The first-order valence-electron chi connectivity index (χ1n) is 8.90. The second kappa shape index (κ2) is 7.88. The minimum Gasteiger partial charge on any atom is -0.368 e. The highest BCUT2D eigenvalue weighted by molar-refractivity contribution is 5.81. The number of rotatable bonds is 5. The molecule has 2 aliphatic rings. The molecule has 0 bridgehead atoms. The lowest BCUT2D eigenvalue weighted by Crippen LogP contribution is -2.45. The number of amides is 1. The fourth-order valence-electron chi connectivity index (χ4n) is 3.24. The topological polar surface area (TPSA) is 103 Å². The third-order valence-electron chi connectivity index (χ3n) is 4.66. The summed E-state index contributed by atoms with van der Waals surface area (Å²) in [7, 11) is 0. The molecule has 4 rings (SSSR count). The highest BCUT2D eigenvalue weighted by atomic mass is 16.5. The maximum absolute atomic E-state index is 12.3. The third-order valence-corrected chi connectivity index (χ3v) is 4.66. The molecule has 0 saturated carbocycles. The molecule has 0 N–H and O–H groups in total. The van der Waals surface area contributed by atoms with Gasteiger partial charge in [0, 0.05) is 32.1 Å². The molecule has 0 aromatic carbocycles. The van der Waals surface area contributed by atoms with Crippen LogP contribution in [0.15, 0.2) is 23.1 Å². The Morgan fingerprint density at radius 1 is 1.27 bits per heavy atom. The van der Waals surface area contributed by atoms with Crippen LogP contribution in [0.3, 0.4) is 0 Å². The summed E-state index contributed by atoms with van der Waals surface area (Å²) in [4.78, 5) is 26.6. The summed E-state index contributed by atoms with van der Waals surface area (Å²) in [6.07, 6.45) is 7.97. The summed E-state index contributed by atoms with van der Waals surface area (Å²) >= 11 is 0. The van der Waals surface area contributed by atoms with Crippen LogP contribution in [-0.2, 0) is 20.9 Å². The van der Waals surface area contributed by atoms with Crippen molar-refractivity contribution in [2.24, 2.45) is 0 Å². The van der Waals surface area contributed by atoms with E-state index in [0.29, 0.717) is 37.1 Å². The molecule has 2 aliphatic heterocycles. The van der Waals surface area contributed by atoms with Crippen LogP contribution in [0.25, 0.3) is 11.5 Å². The molecule has 1 unspecified atom stereocenters. The molecule has 0 aliphatic carbocycles. The average molecular weight is 359 g/mol. The van der Waals surface area contributed by atoms with Gasteiger partial charge in [0.05, 0.1) is 12.3 Å². The van der Waals surface area contributed by atoms with Crippen LogP contribution < -0.4 is 0 Å². The first-order chi connectivity index (χ1) is 12.8. The minimum absolute atomic E-state index is 0.0791. The molecule has 2 saturated heterocycles. The van der Waals surface area contributed by atoms with Crippen molar-refractivity contribution in [1.82, 2.24) is 25.0 Å². The van der Waals surface area contributed by atoms with Crippen molar-refractivity contribution in [3.05, 3.63) is 24.5 Å². The van der Waals surface area contributed by atoms with Gasteiger partial charge in [0.1, 0.15) is 18.4 Å². The van der Waals surface area contributed by atoms with Crippen LogP contribution in [-0.4, -0.2) is 62.8 Å². The van der Waals surface area contributed by atoms with E-state index in [-0.39, 0.29) is 24.7 Å². The molecule has 138 valence electrons. The normalized spacial score (nSPS) is 21.2. The molecule has 0 radical (unpaired) electrons. The third kappa shape index (κ3) is 3.88. The van der Waals surface area contributed by atoms with Gasteiger partial charge in [-0.2, -0.15) is 4.98 Å². The van der Waals surface area contributed by atoms with Gasteiger partial charge in [0.2, 0.25) is 5.82 Å². The van der Waals surface area contributed by atoms with Crippen molar-refractivity contribution in [2.75, 3.05) is 19.7 Å². The van der Waals surface area contributed by atoms with Gasteiger partial charge in [0.25, 0.3) is 11.8 Å². The van der Waals surface area contributed by atoms with Gasteiger partial charge in [-0.25, -0.2) is 4.98 Å². The molecular weight excluding hydrogens is 338 g/mol. The predicted octanol–water partition coefficient (Wildman–Crippen LogP) is 1.21. The van der Waals surface area contributed by atoms with E-state index >= 15 is 0 Å². The van der Waals surface area contributed by atoms with Crippen molar-refractivity contribution in [1.29, 1.82) is 0 Å². The number of aromatic nitrogens is 4. The summed E-state index contributed by atoms with van der Waals surface area (Å²) in [5.41, 5.74) is 0.559. The fraction of sp³-hybridized carbons (Fsp3) is 0.588. The molecule has 1 atom stereocenters. The zero-order valence-corrected chi connectivity index (χ0v) is 14.4. The first kappa shape index (κ1) is 17.0. The van der Waals surface area contributed by atoms with E-state index in [1.54, 1.807) is 18.6 Å². The van der Waals surface area contributed by atoms with E-state index in [4.69, 9.17) is 14.0 Å². The number of likely N-dealkylation sites (tertiary alicyclic amines) is 1. The van der Waals surface area contributed by atoms with Crippen molar-refractivity contribution in [3.8, 4) is 11.5 Å². The lowest BCUT2D eigenvalue weighted by molar-refractivity contribution is -0.143. The molecule has 2 aromatic rings. The second-order valence-corrected chi connectivity index (χ2v) is 6.44. The lowest BCUT2D eigenvalue weighted by atomic mass is 10.1. The van der Waals surface area contributed by atoms with Crippen molar-refractivity contribution in [2.45, 2.75) is 44.5 Å². The van der Waals surface area contributed by atoms with E-state index in [2.05, 4.69) is 20.1 Å². The van der Waals surface area contributed by atoms with Crippen LogP contribution in [0.5, 0.6) is 0 Å². The van der Waals surface area contributed by atoms with E-state index < -0.39 is 0 Å². The van der Waals surface area contributed by atoms with E-state index in [9.17, 15) is 4.79 Å². The number of carbonyl (C=O) groups excluding carboxylic acids is 1. The minimum atomic E-state index is -0.245. The Morgan fingerprint density at radius 2 is 2.15 bits per heavy atom. The molecule has 2 aromatic heterocycles. The smallest absolute Gasteiger partial charge is 0.253 e. The summed E-state index contributed by atoms with van der Waals surface area (Å²) < 4.78 is 16.6. The first-order valence-corrected chi connectivity index (χ1v) is 8.90. The van der Waals surface area contributed by atoms with E-state index in [1.165, 1.54) is 0 Å². The number of carbonyl (C=O) groups is 1. The van der Waals surface area contributed by atoms with Gasteiger partial charge >= 0.3 is 0 Å². The highest BCUT2D eigenvalue weighted by Crippen LogP contribution is 2.20. The molecule has 4 heterocycles. The van der Waals surface area contributed by atoms with Crippen LogP contribution in [0.2, 0.25) is 0 Å². The molecule has 9 nitrogen and oxygen atoms in total. The Balaban J connectivity index is 1.24. The molecule has 2 fully saturated rings. The Hall–Kier alpha value is -2.39. The standard InChI is InChI=1S/C17H21N5O4/c23-17(14-2-1-9-24-14)22-7-3-12(4-8-22)25-11-15-20-16(21-26-15)13-10-18-5-6-19-13/h5-6,10,12,14H,1-4,7-9,11H2. The van der Waals surface area contributed by atoms with Gasteiger partial charge in [-0.1, -0.05) is 5.16 Å². The highest BCUT2D eigenvalue weighted by Gasteiger charge is 2.31. The maximum atomic E-state index is 12.3. The number of hydrogen-bond donors (Lipinski definition) is 0. The van der Waals surface area contributed by atoms with Gasteiger partial charge in [-0.3, -0.25) is 9.78 Å². The monoisotopic (exact) mass is 359 g/mol. The Kier molecular flexibility index (Phi) is 5.16. The van der Waals surface area contributed by atoms with Crippen molar-refractivity contribution >= 4 is 5.91 Å². The Labute approximate surface area is 150 Å². The zero-order valence-electron chi connectivity index (χ0n) is 14.4. The number of hydrogen-bond acceptors (Lipinski definition) is 8. The van der Waals surface area contributed by atoms with Gasteiger partial charge in [-0.15, -0.1) is 0 Å². The number of nitrogens with zero attached hydrogens (tertiary/aromatic N) is 5. The average Bonchev–Trinajstić information content (AvgIpc) is 3.39. The van der Waals surface area contributed by atoms with Gasteiger partial charge < -0.3 is 18.9 Å². The molecule has 1 amide bonds. The van der Waals surface area contributed by atoms with Crippen LogP contribution in [0, 0.1) is 0 Å². The fourth-order valence-corrected chi connectivity index (χ4v) is 3.24. The summed E-state index contributed by atoms with van der Waals surface area (Å²) in [5.74, 6) is 0.920. The largest absolute Gasteiger partial charge is 0.368 e. The maximum Gasteiger partial charge on any atom is 0.253 e. The number of piperidine rings is 1. The zero-order chi connectivity index (χ0) is 17.8. The van der Waals surface area contributed by atoms with Crippen molar-refractivity contribution in [3.63, 3.8) is 0 Å². The number of ether oxygens (including phenoxy) is 2. The van der Waals surface area contributed by atoms with E-state index in [1.807, 2.05) is 4.90 Å². The molecule has 9 heteroatoms. The van der Waals surface area contributed by atoms with Crippen LogP contribution >= 0.6 is 0 Å². The molecule has 26 heavy (non-hydrogen) atoms. The summed E-state index contributed by atoms with van der Waals surface area (Å²) in [6.45, 7) is 2.32. The summed E-state index contributed by atoms with van der Waals surface area (Å²) in [5, 5.41) is 3.89.